The fraction of sp³-hybridized carbons (Fsp3) is 0.357. The highest BCUT2D eigenvalue weighted by molar-refractivity contribution is 5.29. The van der Waals surface area contributed by atoms with Gasteiger partial charge in [-0.1, -0.05) is 11.2 Å². The summed E-state index contributed by atoms with van der Waals surface area (Å²) in [5.41, 5.74) is 1.76. The molecule has 0 aliphatic rings. The van der Waals surface area contributed by atoms with Gasteiger partial charge in [0, 0.05) is 19.2 Å². The standard InChI is InChI=1S/C14H17FN2O2/c1-10-6-12(16-19-10)9-17(2)8-11-4-5-14(18-3)13(15)7-11/h4-7H,8-9H2,1-3H3. The number of nitrogens with zero attached hydrogens (tertiary/aromatic N) is 2. The van der Waals surface area contributed by atoms with Crippen LogP contribution in [0.2, 0.25) is 0 Å². The molecule has 2 aromatic rings. The van der Waals surface area contributed by atoms with Gasteiger partial charge >= 0.3 is 0 Å². The van der Waals surface area contributed by atoms with E-state index in [9.17, 15) is 4.39 Å². The molecule has 0 saturated heterocycles. The zero-order valence-corrected chi connectivity index (χ0v) is 11.3. The summed E-state index contributed by atoms with van der Waals surface area (Å²) in [6.07, 6.45) is 0. The fourth-order valence-corrected chi connectivity index (χ4v) is 1.94. The van der Waals surface area contributed by atoms with Gasteiger partial charge in [0.05, 0.1) is 12.8 Å². The number of hydrogen-bond acceptors (Lipinski definition) is 4. The predicted octanol–water partition coefficient (Wildman–Crippen LogP) is 2.76. The Morgan fingerprint density at radius 2 is 2.11 bits per heavy atom. The van der Waals surface area contributed by atoms with Gasteiger partial charge in [0.2, 0.25) is 0 Å². The monoisotopic (exact) mass is 264 g/mol. The Morgan fingerprint density at radius 1 is 1.32 bits per heavy atom. The van der Waals surface area contributed by atoms with Crippen molar-refractivity contribution in [3.8, 4) is 5.75 Å². The maximum atomic E-state index is 13.6. The van der Waals surface area contributed by atoms with Crippen LogP contribution in [-0.4, -0.2) is 24.2 Å². The highest BCUT2D eigenvalue weighted by Crippen LogP contribution is 2.18. The summed E-state index contributed by atoms with van der Waals surface area (Å²) in [5, 5.41) is 3.93. The molecule has 0 N–H and O–H groups in total. The van der Waals surface area contributed by atoms with Crippen molar-refractivity contribution in [1.29, 1.82) is 0 Å². The second-order valence-corrected chi connectivity index (χ2v) is 4.57. The van der Waals surface area contributed by atoms with E-state index in [-0.39, 0.29) is 11.6 Å². The lowest BCUT2D eigenvalue weighted by molar-refractivity contribution is 0.301. The van der Waals surface area contributed by atoms with Crippen LogP contribution in [0.5, 0.6) is 5.75 Å². The van der Waals surface area contributed by atoms with Gasteiger partial charge in [-0.3, -0.25) is 4.90 Å². The Balaban J connectivity index is 1.98. The number of benzene rings is 1. The molecule has 1 heterocycles. The average molecular weight is 264 g/mol. The van der Waals surface area contributed by atoms with Gasteiger partial charge in [-0.05, 0) is 31.7 Å². The van der Waals surface area contributed by atoms with Crippen molar-refractivity contribution >= 4 is 0 Å². The van der Waals surface area contributed by atoms with E-state index < -0.39 is 0 Å². The number of halogens is 1. The number of methoxy groups -OCH3 is 1. The number of ether oxygens (including phenoxy) is 1. The van der Waals surface area contributed by atoms with Crippen LogP contribution in [0.3, 0.4) is 0 Å². The second-order valence-electron chi connectivity index (χ2n) is 4.57. The molecule has 102 valence electrons. The summed E-state index contributed by atoms with van der Waals surface area (Å²) in [6, 6.07) is 6.87. The van der Waals surface area contributed by atoms with Crippen LogP contribution in [0.1, 0.15) is 17.0 Å². The summed E-state index contributed by atoms with van der Waals surface area (Å²) in [7, 11) is 3.41. The van der Waals surface area contributed by atoms with Crippen LogP contribution >= 0.6 is 0 Å². The van der Waals surface area contributed by atoms with E-state index in [2.05, 4.69) is 5.16 Å². The van der Waals surface area contributed by atoms with Crippen molar-refractivity contribution in [2.24, 2.45) is 0 Å². The summed E-state index contributed by atoms with van der Waals surface area (Å²) >= 11 is 0. The van der Waals surface area contributed by atoms with E-state index in [0.29, 0.717) is 13.1 Å². The number of aromatic nitrogens is 1. The Labute approximate surface area is 111 Å². The van der Waals surface area contributed by atoms with E-state index in [4.69, 9.17) is 9.26 Å². The van der Waals surface area contributed by atoms with Crippen molar-refractivity contribution < 1.29 is 13.7 Å². The number of aryl methyl sites for hydroxylation is 1. The van der Waals surface area contributed by atoms with E-state index in [1.165, 1.54) is 13.2 Å². The normalized spacial score (nSPS) is 11.0. The summed E-state index contributed by atoms with van der Waals surface area (Å²) < 4.78 is 23.5. The third-order valence-electron chi connectivity index (χ3n) is 2.78. The molecule has 0 atom stereocenters. The van der Waals surface area contributed by atoms with Crippen molar-refractivity contribution in [2.75, 3.05) is 14.2 Å². The van der Waals surface area contributed by atoms with Gasteiger partial charge in [0.1, 0.15) is 5.76 Å². The molecular formula is C14H17FN2O2. The first kappa shape index (κ1) is 13.5. The molecule has 0 spiro atoms. The van der Waals surface area contributed by atoms with Crippen molar-refractivity contribution in [2.45, 2.75) is 20.0 Å². The predicted molar refractivity (Wildman–Crippen MR) is 69.4 cm³/mol. The minimum Gasteiger partial charge on any atom is -0.494 e. The summed E-state index contributed by atoms with van der Waals surface area (Å²) in [5.74, 6) is 0.711. The van der Waals surface area contributed by atoms with Crippen LogP contribution < -0.4 is 4.74 Å². The molecule has 4 nitrogen and oxygen atoms in total. The van der Waals surface area contributed by atoms with Gasteiger partial charge in [0.15, 0.2) is 11.6 Å². The first-order valence-corrected chi connectivity index (χ1v) is 6.01. The van der Waals surface area contributed by atoms with Crippen LogP contribution in [0.15, 0.2) is 28.8 Å². The molecule has 0 amide bonds. The molecule has 2 rings (SSSR count). The highest BCUT2D eigenvalue weighted by Gasteiger charge is 2.08. The topological polar surface area (TPSA) is 38.5 Å². The molecule has 1 aromatic carbocycles. The van der Waals surface area contributed by atoms with Crippen LogP contribution in [0, 0.1) is 12.7 Å². The zero-order valence-electron chi connectivity index (χ0n) is 11.3. The second kappa shape index (κ2) is 5.84. The van der Waals surface area contributed by atoms with Gasteiger partial charge < -0.3 is 9.26 Å². The van der Waals surface area contributed by atoms with Gasteiger partial charge in [-0.15, -0.1) is 0 Å². The Kier molecular flexibility index (Phi) is 4.16. The molecule has 5 heteroatoms. The van der Waals surface area contributed by atoms with Crippen LogP contribution in [0.4, 0.5) is 4.39 Å². The molecule has 0 unspecified atom stereocenters. The first-order valence-electron chi connectivity index (χ1n) is 6.01. The largest absolute Gasteiger partial charge is 0.494 e. The zero-order chi connectivity index (χ0) is 13.8. The molecule has 1 aromatic heterocycles. The van der Waals surface area contributed by atoms with Crippen LogP contribution in [-0.2, 0) is 13.1 Å². The minimum absolute atomic E-state index is 0.263. The molecule has 0 radical (unpaired) electrons. The first-order chi connectivity index (χ1) is 9.08. The van der Waals surface area contributed by atoms with Crippen LogP contribution in [0.25, 0.3) is 0 Å². The summed E-state index contributed by atoms with van der Waals surface area (Å²) in [4.78, 5) is 2.04. The maximum Gasteiger partial charge on any atom is 0.165 e. The van der Waals surface area contributed by atoms with E-state index in [0.717, 1.165) is 17.0 Å². The molecular weight excluding hydrogens is 247 g/mol. The lowest BCUT2D eigenvalue weighted by Crippen LogP contribution is -2.17. The third kappa shape index (κ3) is 3.54. The Hall–Kier alpha value is -1.88. The minimum atomic E-state index is -0.342. The molecule has 0 aliphatic carbocycles. The smallest absolute Gasteiger partial charge is 0.165 e. The number of rotatable bonds is 5. The Morgan fingerprint density at radius 3 is 2.68 bits per heavy atom. The van der Waals surface area contributed by atoms with Gasteiger partial charge in [0.25, 0.3) is 0 Å². The Bertz CT molecular complexity index is 554. The number of hydrogen-bond donors (Lipinski definition) is 0. The van der Waals surface area contributed by atoms with Crippen molar-refractivity contribution in [3.05, 3.63) is 47.1 Å². The summed E-state index contributed by atoms with van der Waals surface area (Å²) in [6.45, 7) is 3.15. The van der Waals surface area contributed by atoms with E-state index in [1.54, 1.807) is 6.07 Å². The average Bonchev–Trinajstić information content (AvgIpc) is 2.74. The molecule has 0 bridgehead atoms. The third-order valence-corrected chi connectivity index (χ3v) is 2.78. The van der Waals surface area contributed by atoms with Crippen molar-refractivity contribution in [3.63, 3.8) is 0 Å². The van der Waals surface area contributed by atoms with Crippen molar-refractivity contribution in [1.82, 2.24) is 10.1 Å². The quantitative estimate of drug-likeness (QED) is 0.832. The van der Waals surface area contributed by atoms with Gasteiger partial charge in [-0.25, -0.2) is 4.39 Å². The van der Waals surface area contributed by atoms with Gasteiger partial charge in [-0.2, -0.15) is 0 Å². The van der Waals surface area contributed by atoms with E-state index in [1.807, 2.05) is 31.0 Å². The molecule has 0 aliphatic heterocycles. The SMILES string of the molecule is COc1ccc(CN(C)Cc2cc(C)on2)cc1F. The lowest BCUT2D eigenvalue weighted by Gasteiger charge is -2.15. The molecule has 19 heavy (non-hydrogen) atoms. The maximum absolute atomic E-state index is 13.6. The molecule has 0 saturated carbocycles. The van der Waals surface area contributed by atoms with E-state index >= 15 is 0 Å². The lowest BCUT2D eigenvalue weighted by atomic mass is 10.2. The molecule has 0 fully saturated rings. The fourth-order valence-electron chi connectivity index (χ4n) is 1.94. The highest BCUT2D eigenvalue weighted by atomic mass is 19.1.